The summed E-state index contributed by atoms with van der Waals surface area (Å²) in [5.74, 6) is -2.71. The standard InChI is InChI=1S/C7H13BrO3/c1-2-3-4-5-6(8)7(9,10)11/h5,9-11H,2-4H2,1H3. The molecule has 0 aliphatic heterocycles. The van der Waals surface area contributed by atoms with Gasteiger partial charge >= 0.3 is 5.97 Å². The molecule has 0 aromatic carbocycles. The third-order valence-electron chi connectivity index (χ3n) is 1.20. The molecular formula is C7H13BrO3. The van der Waals surface area contributed by atoms with E-state index in [-0.39, 0.29) is 4.48 Å². The normalized spacial score (nSPS) is 13.7. The molecule has 0 aliphatic carbocycles. The first-order valence-corrected chi connectivity index (χ1v) is 4.31. The summed E-state index contributed by atoms with van der Waals surface area (Å²) in [6.45, 7) is 2.03. The summed E-state index contributed by atoms with van der Waals surface area (Å²) in [6, 6.07) is 0. The zero-order valence-corrected chi connectivity index (χ0v) is 8.00. The fraction of sp³-hybridized carbons (Fsp3) is 0.714. The van der Waals surface area contributed by atoms with Gasteiger partial charge in [-0.05, 0) is 22.4 Å². The third-order valence-corrected chi connectivity index (χ3v) is 2.06. The summed E-state index contributed by atoms with van der Waals surface area (Å²) in [5.41, 5.74) is 0. The van der Waals surface area contributed by atoms with Crippen molar-refractivity contribution in [2.24, 2.45) is 0 Å². The number of hydrogen-bond donors (Lipinski definition) is 3. The van der Waals surface area contributed by atoms with E-state index in [2.05, 4.69) is 15.9 Å². The van der Waals surface area contributed by atoms with Crippen LogP contribution in [0.3, 0.4) is 0 Å². The molecule has 11 heavy (non-hydrogen) atoms. The molecule has 0 bridgehead atoms. The van der Waals surface area contributed by atoms with E-state index in [1.165, 1.54) is 0 Å². The molecule has 0 aromatic rings. The van der Waals surface area contributed by atoms with Gasteiger partial charge < -0.3 is 15.3 Å². The van der Waals surface area contributed by atoms with E-state index >= 15 is 0 Å². The average molecular weight is 225 g/mol. The molecule has 3 N–H and O–H groups in total. The van der Waals surface area contributed by atoms with Crippen molar-refractivity contribution in [3.63, 3.8) is 0 Å². The Labute approximate surface area is 74.5 Å². The average Bonchev–Trinajstić information content (AvgIpc) is 1.86. The molecule has 0 aromatic heterocycles. The van der Waals surface area contributed by atoms with Crippen LogP contribution in [0.25, 0.3) is 0 Å². The van der Waals surface area contributed by atoms with Gasteiger partial charge in [0.1, 0.15) is 0 Å². The lowest BCUT2D eigenvalue weighted by atomic mass is 10.2. The van der Waals surface area contributed by atoms with E-state index in [0.717, 1.165) is 19.3 Å². The number of hydrogen-bond acceptors (Lipinski definition) is 3. The first kappa shape index (κ1) is 11.1. The van der Waals surface area contributed by atoms with Gasteiger partial charge in [-0.3, -0.25) is 0 Å². The first-order valence-electron chi connectivity index (χ1n) is 3.51. The topological polar surface area (TPSA) is 60.7 Å². The van der Waals surface area contributed by atoms with Crippen LogP contribution in [-0.4, -0.2) is 21.3 Å². The molecule has 0 atom stereocenters. The molecule has 66 valence electrons. The van der Waals surface area contributed by atoms with Crippen LogP contribution >= 0.6 is 15.9 Å². The van der Waals surface area contributed by atoms with Crippen LogP contribution in [0, 0.1) is 0 Å². The zero-order chi connectivity index (χ0) is 8.91. The summed E-state index contributed by atoms with van der Waals surface area (Å²) in [4.78, 5) is 0. The Kier molecular flexibility index (Phi) is 4.92. The van der Waals surface area contributed by atoms with Crippen LogP contribution in [0.4, 0.5) is 0 Å². The molecule has 0 heterocycles. The molecule has 0 aliphatic rings. The van der Waals surface area contributed by atoms with Gasteiger partial charge in [-0.15, -0.1) is 0 Å². The third kappa shape index (κ3) is 5.38. The van der Waals surface area contributed by atoms with Gasteiger partial charge in [0, 0.05) is 0 Å². The van der Waals surface area contributed by atoms with Gasteiger partial charge in [-0.1, -0.05) is 25.8 Å². The van der Waals surface area contributed by atoms with Crippen molar-refractivity contribution >= 4 is 15.9 Å². The van der Waals surface area contributed by atoms with Gasteiger partial charge in [0.2, 0.25) is 0 Å². The Morgan fingerprint density at radius 2 is 2.00 bits per heavy atom. The van der Waals surface area contributed by atoms with Crippen molar-refractivity contribution in [1.82, 2.24) is 0 Å². The molecule has 0 radical (unpaired) electrons. The highest BCUT2D eigenvalue weighted by molar-refractivity contribution is 9.11. The van der Waals surface area contributed by atoms with Crippen molar-refractivity contribution in [2.45, 2.75) is 32.2 Å². The van der Waals surface area contributed by atoms with Crippen LogP contribution in [-0.2, 0) is 0 Å². The van der Waals surface area contributed by atoms with Gasteiger partial charge in [0.15, 0.2) is 0 Å². The number of rotatable bonds is 4. The van der Waals surface area contributed by atoms with Crippen LogP contribution in [0.2, 0.25) is 0 Å². The van der Waals surface area contributed by atoms with Crippen LogP contribution < -0.4 is 0 Å². The Hall–Kier alpha value is 0.1000. The Bertz CT molecular complexity index is 137. The van der Waals surface area contributed by atoms with E-state index in [1.54, 1.807) is 6.08 Å². The second-order valence-corrected chi connectivity index (χ2v) is 3.18. The Balaban J connectivity index is 3.81. The molecule has 0 spiro atoms. The number of aliphatic hydroxyl groups is 3. The maximum Gasteiger partial charge on any atom is 0.310 e. The predicted molar refractivity (Wildman–Crippen MR) is 45.9 cm³/mol. The second-order valence-electron chi connectivity index (χ2n) is 2.33. The maximum atomic E-state index is 8.58. The van der Waals surface area contributed by atoms with Crippen molar-refractivity contribution in [3.05, 3.63) is 10.6 Å². The van der Waals surface area contributed by atoms with Gasteiger partial charge in [-0.2, -0.15) is 0 Å². The number of allylic oxidation sites excluding steroid dienone is 1. The fourth-order valence-electron chi connectivity index (χ4n) is 0.570. The lowest BCUT2D eigenvalue weighted by molar-refractivity contribution is -0.275. The lowest BCUT2D eigenvalue weighted by Gasteiger charge is -2.12. The van der Waals surface area contributed by atoms with Crippen LogP contribution in [0.5, 0.6) is 0 Å². The monoisotopic (exact) mass is 224 g/mol. The lowest BCUT2D eigenvalue weighted by Crippen LogP contribution is -2.27. The minimum atomic E-state index is -2.71. The van der Waals surface area contributed by atoms with E-state index in [4.69, 9.17) is 15.3 Å². The molecule has 0 saturated carbocycles. The van der Waals surface area contributed by atoms with E-state index in [9.17, 15) is 0 Å². The van der Waals surface area contributed by atoms with Crippen molar-refractivity contribution in [3.8, 4) is 0 Å². The van der Waals surface area contributed by atoms with Crippen molar-refractivity contribution in [1.29, 1.82) is 0 Å². The predicted octanol–water partition coefficient (Wildman–Crippen LogP) is 1.09. The summed E-state index contributed by atoms with van der Waals surface area (Å²) < 4.78 is -0.00144. The summed E-state index contributed by atoms with van der Waals surface area (Å²) in [5, 5.41) is 25.7. The number of halogens is 1. The maximum absolute atomic E-state index is 8.58. The highest BCUT2D eigenvalue weighted by Crippen LogP contribution is 2.18. The minimum Gasteiger partial charge on any atom is -0.339 e. The highest BCUT2D eigenvalue weighted by atomic mass is 79.9. The molecule has 0 rings (SSSR count). The first-order chi connectivity index (χ1) is 4.98. The fourth-order valence-corrected chi connectivity index (χ4v) is 0.799. The summed E-state index contributed by atoms with van der Waals surface area (Å²) in [6.07, 6.45) is 4.27. The minimum absolute atomic E-state index is 0.00144. The van der Waals surface area contributed by atoms with E-state index in [1.807, 2.05) is 6.92 Å². The zero-order valence-electron chi connectivity index (χ0n) is 6.42. The van der Waals surface area contributed by atoms with Crippen molar-refractivity contribution in [2.75, 3.05) is 0 Å². The van der Waals surface area contributed by atoms with E-state index < -0.39 is 5.97 Å². The second kappa shape index (κ2) is 4.87. The van der Waals surface area contributed by atoms with Gasteiger partial charge in [0.25, 0.3) is 0 Å². The highest BCUT2D eigenvalue weighted by Gasteiger charge is 2.21. The SMILES string of the molecule is CCCCC=C(Br)C(O)(O)O. The van der Waals surface area contributed by atoms with Crippen LogP contribution in [0.1, 0.15) is 26.2 Å². The van der Waals surface area contributed by atoms with Gasteiger partial charge in [0.05, 0.1) is 4.48 Å². The molecule has 0 fully saturated rings. The molecule has 0 unspecified atom stereocenters. The Morgan fingerprint density at radius 3 is 2.36 bits per heavy atom. The Morgan fingerprint density at radius 1 is 1.45 bits per heavy atom. The van der Waals surface area contributed by atoms with Crippen molar-refractivity contribution < 1.29 is 15.3 Å². The molecule has 3 nitrogen and oxygen atoms in total. The van der Waals surface area contributed by atoms with E-state index in [0.29, 0.717) is 0 Å². The van der Waals surface area contributed by atoms with Gasteiger partial charge in [-0.25, -0.2) is 0 Å². The molecule has 0 saturated heterocycles. The smallest absolute Gasteiger partial charge is 0.310 e. The summed E-state index contributed by atoms with van der Waals surface area (Å²) in [7, 11) is 0. The molecular weight excluding hydrogens is 212 g/mol. The van der Waals surface area contributed by atoms with Crippen LogP contribution in [0.15, 0.2) is 10.6 Å². The largest absolute Gasteiger partial charge is 0.339 e. The number of unbranched alkanes of at least 4 members (excludes halogenated alkanes) is 2. The molecule has 4 heteroatoms. The quantitative estimate of drug-likeness (QED) is 0.495. The summed E-state index contributed by atoms with van der Waals surface area (Å²) >= 11 is 2.84. The molecule has 0 amide bonds.